The largest absolute Gasteiger partial charge is 0.382 e. The average molecular weight is 606 g/mol. The fourth-order valence-electron chi connectivity index (χ4n) is 6.46. The third-order valence-electron chi connectivity index (χ3n) is 8.31. The number of hydrogen-bond donors (Lipinski definition) is 2. The molecule has 1 amide bonds. The number of aromatic amines is 1. The lowest BCUT2D eigenvalue weighted by atomic mass is 9.87. The molecular formula is C28H25F2N9O3S. The molecule has 1 aromatic carbocycles. The van der Waals surface area contributed by atoms with Gasteiger partial charge in [-0.2, -0.15) is 14.7 Å². The van der Waals surface area contributed by atoms with Gasteiger partial charge in [0.05, 0.1) is 17.6 Å². The molecule has 220 valence electrons. The summed E-state index contributed by atoms with van der Waals surface area (Å²) >= 11 is 0. The molecule has 2 aliphatic heterocycles. The molecule has 2 fully saturated rings. The van der Waals surface area contributed by atoms with Gasteiger partial charge in [0.1, 0.15) is 17.0 Å². The highest BCUT2D eigenvalue weighted by Gasteiger charge is 2.46. The average Bonchev–Trinajstić information content (AvgIpc) is 3.72. The molecule has 2 unspecified atom stereocenters. The molecule has 7 rings (SSSR count). The fourth-order valence-corrected chi connectivity index (χ4v) is 7.51. The topological polar surface area (TPSA) is 165 Å². The van der Waals surface area contributed by atoms with Gasteiger partial charge in [-0.15, -0.1) is 0 Å². The van der Waals surface area contributed by atoms with Crippen LogP contribution in [0, 0.1) is 11.6 Å². The monoisotopic (exact) mass is 605 g/mol. The van der Waals surface area contributed by atoms with Crippen molar-refractivity contribution < 1.29 is 22.0 Å². The van der Waals surface area contributed by atoms with Crippen molar-refractivity contribution in [3.05, 3.63) is 72.2 Å². The van der Waals surface area contributed by atoms with E-state index in [1.807, 2.05) is 4.90 Å². The number of nitrogens with zero attached hydrogens (tertiary/aromatic N) is 7. The number of carbonyl (C=O) groups is 1. The number of pyridine rings is 1. The molecule has 12 nitrogen and oxygen atoms in total. The number of hydrogen-bond acceptors (Lipinski definition) is 9. The minimum Gasteiger partial charge on any atom is -0.382 e. The van der Waals surface area contributed by atoms with Gasteiger partial charge in [-0.05, 0) is 43.9 Å². The number of nitrogens with one attached hydrogen (secondary N) is 1. The van der Waals surface area contributed by atoms with Crippen LogP contribution in [-0.4, -0.2) is 72.3 Å². The van der Waals surface area contributed by atoms with Crippen molar-refractivity contribution in [3.63, 3.8) is 0 Å². The molecule has 4 aromatic heterocycles. The molecule has 3 atom stereocenters. The molecule has 3 N–H and O–H groups in total. The highest BCUT2D eigenvalue weighted by Crippen LogP contribution is 2.45. The van der Waals surface area contributed by atoms with Crippen molar-refractivity contribution in [2.24, 2.45) is 0 Å². The van der Waals surface area contributed by atoms with Gasteiger partial charge < -0.3 is 10.6 Å². The summed E-state index contributed by atoms with van der Waals surface area (Å²) in [5, 5.41) is 10.7. The number of nitrogen functional groups attached to an aromatic ring is 1. The van der Waals surface area contributed by atoms with E-state index in [9.17, 15) is 22.0 Å². The maximum atomic E-state index is 14.3. The number of amides is 1. The van der Waals surface area contributed by atoms with Crippen LogP contribution in [0.4, 0.5) is 14.6 Å². The summed E-state index contributed by atoms with van der Waals surface area (Å²) in [7, 11) is -3.81. The van der Waals surface area contributed by atoms with E-state index in [1.54, 1.807) is 12.1 Å². The maximum absolute atomic E-state index is 14.3. The van der Waals surface area contributed by atoms with Gasteiger partial charge in [-0.3, -0.25) is 14.9 Å². The molecule has 0 spiro atoms. The van der Waals surface area contributed by atoms with Gasteiger partial charge >= 0.3 is 0 Å². The summed E-state index contributed by atoms with van der Waals surface area (Å²) in [4.78, 5) is 28.1. The van der Waals surface area contributed by atoms with Crippen molar-refractivity contribution in [1.29, 1.82) is 0 Å². The van der Waals surface area contributed by atoms with E-state index in [4.69, 9.17) is 10.7 Å². The van der Waals surface area contributed by atoms with Gasteiger partial charge in [0.25, 0.3) is 5.91 Å². The van der Waals surface area contributed by atoms with Crippen LogP contribution in [0.25, 0.3) is 28.0 Å². The summed E-state index contributed by atoms with van der Waals surface area (Å²) in [5.74, 6) is -2.38. The van der Waals surface area contributed by atoms with Crippen LogP contribution >= 0.6 is 0 Å². The molecule has 0 aliphatic carbocycles. The van der Waals surface area contributed by atoms with Crippen molar-refractivity contribution in [2.45, 2.75) is 48.6 Å². The van der Waals surface area contributed by atoms with E-state index in [-0.39, 0.29) is 51.7 Å². The van der Waals surface area contributed by atoms with Gasteiger partial charge in [0, 0.05) is 47.1 Å². The van der Waals surface area contributed by atoms with E-state index in [0.29, 0.717) is 35.3 Å². The van der Waals surface area contributed by atoms with E-state index in [2.05, 4.69) is 25.3 Å². The van der Waals surface area contributed by atoms with Gasteiger partial charge in [-0.25, -0.2) is 27.2 Å². The van der Waals surface area contributed by atoms with Crippen LogP contribution in [0.3, 0.4) is 0 Å². The number of carbonyl (C=O) groups excluding carboxylic acids is 1. The molecule has 6 heterocycles. The van der Waals surface area contributed by atoms with Crippen LogP contribution in [0.1, 0.15) is 47.9 Å². The number of anilines is 1. The highest BCUT2D eigenvalue weighted by atomic mass is 32.2. The summed E-state index contributed by atoms with van der Waals surface area (Å²) in [6.45, 7) is 0. The quantitative estimate of drug-likeness (QED) is 0.305. The summed E-state index contributed by atoms with van der Waals surface area (Å²) in [6.07, 6.45) is 7.92. The first kappa shape index (κ1) is 27.1. The predicted octanol–water partition coefficient (Wildman–Crippen LogP) is 3.39. The Kier molecular flexibility index (Phi) is 6.23. The molecule has 0 radical (unpaired) electrons. The lowest BCUT2D eigenvalue weighted by molar-refractivity contribution is 0.0556. The lowest BCUT2D eigenvalue weighted by Gasteiger charge is -2.38. The third kappa shape index (κ3) is 4.42. The van der Waals surface area contributed by atoms with Crippen molar-refractivity contribution in [2.75, 3.05) is 12.0 Å². The number of sulfone groups is 1. The second-order valence-corrected chi connectivity index (χ2v) is 12.9. The highest BCUT2D eigenvalue weighted by molar-refractivity contribution is 7.91. The first-order chi connectivity index (χ1) is 20.6. The first-order valence-corrected chi connectivity index (χ1v) is 15.5. The minimum absolute atomic E-state index is 0.0247. The zero-order chi connectivity index (χ0) is 30.0. The van der Waals surface area contributed by atoms with E-state index in [0.717, 1.165) is 25.2 Å². The summed E-state index contributed by atoms with van der Waals surface area (Å²) in [6, 6.07) is 6.87. The number of fused-ring (bicyclic) bond motifs is 3. The Balaban J connectivity index is 1.28. The molecule has 2 bridgehead atoms. The number of benzene rings is 1. The van der Waals surface area contributed by atoms with E-state index < -0.39 is 21.5 Å². The van der Waals surface area contributed by atoms with Crippen molar-refractivity contribution in [1.82, 2.24) is 39.7 Å². The standard InChI is InChI=1S/C28H25F2N9O3S/c1-43(41,42)24-23(15-9-16-6-7-17(10-15)38(16)28(40)26-33-13-34-37-26)36-27-19(12-35-39(27)25(24)31)14-5-8-21(32-11-14)18-3-2-4-20(29)22(18)30/h2-5,8,11-13,15-17H,6-7,9-10,31H2,1H3,(H,33,34,37)/t15?,16-,17?/m0/s1. The SMILES string of the molecule is CS(=O)(=O)c1c(C2CC3CC[C@@H](C2)N3C(=O)c2ncn[nH]2)nc2c(-c3ccc(-c4cccc(F)c4F)nc3)cnn2c1N. The zero-order valence-electron chi connectivity index (χ0n) is 22.8. The molecule has 5 aromatic rings. The summed E-state index contributed by atoms with van der Waals surface area (Å²) < 4.78 is 55.5. The number of H-pyrrole nitrogens is 1. The normalized spacial score (nSPS) is 20.2. The Morgan fingerprint density at radius 3 is 2.47 bits per heavy atom. The number of halogens is 2. The maximum Gasteiger partial charge on any atom is 0.291 e. The Hall–Kier alpha value is -4.79. The van der Waals surface area contributed by atoms with Gasteiger partial charge in [-0.1, -0.05) is 12.1 Å². The summed E-state index contributed by atoms with van der Waals surface area (Å²) in [5.41, 5.74) is 8.51. The van der Waals surface area contributed by atoms with Crippen LogP contribution in [0.5, 0.6) is 0 Å². The molecule has 2 aliphatic rings. The lowest BCUT2D eigenvalue weighted by Crippen LogP contribution is -2.46. The Bertz CT molecular complexity index is 1980. The van der Waals surface area contributed by atoms with Crippen molar-refractivity contribution >= 4 is 27.2 Å². The van der Waals surface area contributed by atoms with Crippen LogP contribution < -0.4 is 5.73 Å². The Morgan fingerprint density at radius 1 is 1.05 bits per heavy atom. The van der Waals surface area contributed by atoms with Crippen LogP contribution in [-0.2, 0) is 9.84 Å². The first-order valence-electron chi connectivity index (χ1n) is 13.6. The zero-order valence-corrected chi connectivity index (χ0v) is 23.6. The molecule has 43 heavy (non-hydrogen) atoms. The minimum atomic E-state index is -3.81. The number of nitrogens with two attached hydrogens (primary N) is 1. The molecule has 0 saturated carbocycles. The second-order valence-electron chi connectivity index (χ2n) is 10.9. The fraction of sp³-hybridized carbons (Fsp3) is 0.286. The molecule has 15 heteroatoms. The Labute approximate surface area is 243 Å². The van der Waals surface area contributed by atoms with Crippen LogP contribution in [0.15, 0.2) is 53.9 Å². The Morgan fingerprint density at radius 2 is 1.81 bits per heavy atom. The number of aromatic nitrogens is 7. The molecular weight excluding hydrogens is 580 g/mol. The predicted molar refractivity (Wildman–Crippen MR) is 150 cm³/mol. The van der Waals surface area contributed by atoms with Crippen molar-refractivity contribution in [3.8, 4) is 22.4 Å². The van der Waals surface area contributed by atoms with Gasteiger partial charge in [0.2, 0.25) is 5.82 Å². The van der Waals surface area contributed by atoms with E-state index in [1.165, 1.54) is 35.4 Å². The number of rotatable bonds is 5. The third-order valence-corrected chi connectivity index (χ3v) is 9.47. The second kappa shape index (κ2) is 9.90. The van der Waals surface area contributed by atoms with Gasteiger partial charge in [0.15, 0.2) is 27.1 Å². The smallest absolute Gasteiger partial charge is 0.291 e. The van der Waals surface area contributed by atoms with E-state index >= 15 is 0 Å². The number of piperidine rings is 1. The molecule has 2 saturated heterocycles. The van der Waals surface area contributed by atoms with Crippen LogP contribution in [0.2, 0.25) is 0 Å².